The molecule has 0 saturated carbocycles. The fourth-order valence-corrected chi connectivity index (χ4v) is 4.96. The van der Waals surface area contributed by atoms with Gasteiger partial charge in [-0.2, -0.15) is 0 Å². The second-order valence-corrected chi connectivity index (χ2v) is 9.51. The van der Waals surface area contributed by atoms with E-state index in [4.69, 9.17) is 23.2 Å². The molecule has 0 bridgehead atoms. The van der Waals surface area contributed by atoms with Crippen molar-refractivity contribution >= 4 is 57.6 Å². The van der Waals surface area contributed by atoms with Crippen LogP contribution in [0.2, 0.25) is 10.0 Å². The normalized spacial score (nSPS) is 21.3. The number of carbonyl (C=O) groups excluding carboxylic acids is 2. The Morgan fingerprint density at radius 1 is 1.22 bits per heavy atom. The predicted octanol–water partition coefficient (Wildman–Crippen LogP) is 4.46. The number of nitrogens with one attached hydrogen (secondary N) is 1. The van der Waals surface area contributed by atoms with Crippen LogP contribution in [0.1, 0.15) is 12.0 Å². The van der Waals surface area contributed by atoms with Gasteiger partial charge in [-0.1, -0.05) is 59.6 Å². The van der Waals surface area contributed by atoms with E-state index >= 15 is 0 Å². The van der Waals surface area contributed by atoms with Crippen molar-refractivity contribution < 1.29 is 9.59 Å². The number of hydrogen-bond donors (Lipinski definition) is 1. The molecule has 0 aromatic heterocycles. The number of benzene rings is 2. The molecule has 32 heavy (non-hydrogen) atoms. The summed E-state index contributed by atoms with van der Waals surface area (Å²) in [7, 11) is 1.78. The van der Waals surface area contributed by atoms with Gasteiger partial charge in [-0.3, -0.25) is 14.5 Å². The second-order valence-electron chi connectivity index (χ2n) is 7.66. The molecule has 4 rings (SSSR count). The van der Waals surface area contributed by atoms with Crippen LogP contribution in [-0.4, -0.2) is 53.0 Å². The molecule has 166 valence electrons. The van der Waals surface area contributed by atoms with Gasteiger partial charge in [0.15, 0.2) is 5.17 Å². The summed E-state index contributed by atoms with van der Waals surface area (Å²) in [4.78, 5) is 33.9. The summed E-state index contributed by atoms with van der Waals surface area (Å²) in [5, 5.41) is 3.77. The van der Waals surface area contributed by atoms with Crippen molar-refractivity contribution in [3.63, 3.8) is 0 Å². The molecule has 1 atom stereocenters. The Kier molecular flexibility index (Phi) is 7.20. The minimum Gasteiger partial charge on any atom is -0.338 e. The molecule has 2 aromatic rings. The van der Waals surface area contributed by atoms with E-state index < -0.39 is 0 Å². The van der Waals surface area contributed by atoms with Crippen LogP contribution in [0.15, 0.2) is 64.5 Å². The number of nitrogens with zero attached hydrogens (tertiary/aromatic N) is 3. The maximum absolute atomic E-state index is 12.8. The van der Waals surface area contributed by atoms with E-state index in [2.05, 4.69) is 27.3 Å². The number of aliphatic imine (C=N–C) groups is 1. The SMILES string of the molecule is CN(C(=O)/C=C1\SC(=Nc2c(Cl)cccc2Cl)NC1=O)C1CCN(Cc2ccccc2)C1. The van der Waals surface area contributed by atoms with Gasteiger partial charge in [0.1, 0.15) is 5.69 Å². The van der Waals surface area contributed by atoms with Crippen LogP contribution in [0, 0.1) is 0 Å². The Hall–Kier alpha value is -2.32. The first-order chi connectivity index (χ1) is 15.4. The third kappa shape index (κ3) is 5.35. The number of carbonyl (C=O) groups is 2. The van der Waals surface area contributed by atoms with E-state index in [1.54, 1.807) is 30.1 Å². The van der Waals surface area contributed by atoms with Crippen LogP contribution in [0.5, 0.6) is 0 Å². The lowest BCUT2D eigenvalue weighted by Gasteiger charge is -2.24. The summed E-state index contributed by atoms with van der Waals surface area (Å²) in [5.41, 5.74) is 1.64. The molecular weight excluding hydrogens is 467 g/mol. The molecule has 2 aliphatic rings. The summed E-state index contributed by atoms with van der Waals surface area (Å²) < 4.78 is 0. The quantitative estimate of drug-likeness (QED) is 0.630. The zero-order chi connectivity index (χ0) is 22.7. The Balaban J connectivity index is 1.39. The number of amidine groups is 1. The standard InChI is InChI=1S/C23H22Cl2N4O2S/c1-28(16-10-11-29(14-16)13-15-6-3-2-4-7-15)20(30)12-19-22(31)27-23(32-19)26-21-17(24)8-5-9-18(21)25/h2-9,12,16H,10-11,13-14H2,1H3,(H,26,27,31)/b19-12-. The van der Waals surface area contributed by atoms with Crippen LogP contribution in [0.4, 0.5) is 5.69 Å². The number of hydrogen-bond acceptors (Lipinski definition) is 5. The number of amides is 2. The lowest BCUT2D eigenvalue weighted by Crippen LogP contribution is -2.38. The maximum Gasteiger partial charge on any atom is 0.264 e. The lowest BCUT2D eigenvalue weighted by atomic mass is 10.2. The fourth-order valence-electron chi connectivity index (χ4n) is 3.69. The van der Waals surface area contributed by atoms with Crippen LogP contribution in [0.3, 0.4) is 0 Å². The van der Waals surface area contributed by atoms with E-state index in [9.17, 15) is 9.59 Å². The van der Waals surface area contributed by atoms with Crippen molar-refractivity contribution in [3.05, 3.63) is 75.1 Å². The highest BCUT2D eigenvalue weighted by molar-refractivity contribution is 8.18. The van der Waals surface area contributed by atoms with Gasteiger partial charge >= 0.3 is 0 Å². The fraction of sp³-hybridized carbons (Fsp3) is 0.261. The minimum atomic E-state index is -0.365. The molecule has 0 aliphatic carbocycles. The zero-order valence-electron chi connectivity index (χ0n) is 17.4. The number of rotatable bonds is 5. The molecule has 2 aliphatic heterocycles. The molecule has 6 nitrogen and oxygen atoms in total. The predicted molar refractivity (Wildman–Crippen MR) is 130 cm³/mol. The first-order valence-corrected chi connectivity index (χ1v) is 11.7. The number of likely N-dealkylation sites (N-methyl/N-ethyl adjacent to an activating group) is 1. The lowest BCUT2D eigenvalue weighted by molar-refractivity contribution is -0.127. The Morgan fingerprint density at radius 3 is 2.66 bits per heavy atom. The minimum absolute atomic E-state index is 0.104. The third-order valence-corrected chi connectivity index (χ3v) is 6.97. The highest BCUT2D eigenvalue weighted by Crippen LogP contribution is 2.35. The van der Waals surface area contributed by atoms with Crippen LogP contribution in [0.25, 0.3) is 0 Å². The molecule has 2 heterocycles. The molecule has 9 heteroatoms. The number of halogens is 2. The Labute approximate surface area is 201 Å². The maximum atomic E-state index is 12.8. The summed E-state index contributed by atoms with van der Waals surface area (Å²) in [6.07, 6.45) is 2.27. The molecular formula is C23H22Cl2N4O2S. The molecule has 2 aromatic carbocycles. The molecule has 1 N–H and O–H groups in total. The topological polar surface area (TPSA) is 65.0 Å². The Bertz CT molecular complexity index is 1070. The first-order valence-electron chi connectivity index (χ1n) is 10.2. The second kappa shape index (κ2) is 10.1. The van der Waals surface area contributed by atoms with Crippen molar-refractivity contribution in [3.8, 4) is 0 Å². The van der Waals surface area contributed by atoms with Crippen LogP contribution >= 0.6 is 35.0 Å². The van der Waals surface area contributed by atoms with Crippen LogP contribution < -0.4 is 5.32 Å². The van der Waals surface area contributed by atoms with Crippen molar-refractivity contribution in [2.24, 2.45) is 4.99 Å². The molecule has 0 spiro atoms. The van der Waals surface area contributed by atoms with Gasteiger partial charge in [-0.25, -0.2) is 4.99 Å². The summed E-state index contributed by atoms with van der Waals surface area (Å²) in [6.45, 7) is 2.60. The highest BCUT2D eigenvalue weighted by Gasteiger charge is 2.30. The van der Waals surface area contributed by atoms with Gasteiger partial charge in [-0.05, 0) is 35.9 Å². The largest absolute Gasteiger partial charge is 0.338 e. The van der Waals surface area contributed by atoms with E-state index in [1.165, 1.54) is 11.6 Å². The number of para-hydroxylation sites is 1. The first kappa shape index (κ1) is 22.9. The van der Waals surface area contributed by atoms with Gasteiger partial charge < -0.3 is 10.2 Å². The summed E-state index contributed by atoms with van der Waals surface area (Å²) >= 11 is 13.4. The van der Waals surface area contributed by atoms with Gasteiger partial charge in [0.25, 0.3) is 5.91 Å². The van der Waals surface area contributed by atoms with E-state index in [-0.39, 0.29) is 17.9 Å². The van der Waals surface area contributed by atoms with E-state index in [0.29, 0.717) is 25.8 Å². The molecule has 2 amide bonds. The molecule has 0 radical (unpaired) electrons. The smallest absolute Gasteiger partial charge is 0.264 e. The van der Waals surface area contributed by atoms with Crippen molar-refractivity contribution in [1.82, 2.24) is 15.1 Å². The highest BCUT2D eigenvalue weighted by atomic mass is 35.5. The average molecular weight is 489 g/mol. The zero-order valence-corrected chi connectivity index (χ0v) is 19.8. The van der Waals surface area contributed by atoms with Gasteiger partial charge in [0.05, 0.1) is 15.0 Å². The molecule has 1 unspecified atom stereocenters. The Morgan fingerprint density at radius 2 is 1.94 bits per heavy atom. The number of likely N-dealkylation sites (tertiary alicyclic amines) is 1. The van der Waals surface area contributed by atoms with Gasteiger partial charge in [0.2, 0.25) is 5.91 Å². The van der Waals surface area contributed by atoms with E-state index in [0.717, 1.165) is 37.8 Å². The number of thioether (sulfide) groups is 1. The van der Waals surface area contributed by atoms with Crippen molar-refractivity contribution in [2.45, 2.75) is 19.0 Å². The average Bonchev–Trinajstić information content (AvgIpc) is 3.37. The van der Waals surface area contributed by atoms with E-state index in [1.807, 2.05) is 18.2 Å². The third-order valence-electron chi connectivity index (χ3n) is 5.45. The summed E-state index contributed by atoms with van der Waals surface area (Å²) in [6, 6.07) is 15.5. The monoisotopic (exact) mass is 488 g/mol. The molecule has 2 saturated heterocycles. The van der Waals surface area contributed by atoms with Gasteiger partial charge in [-0.15, -0.1) is 0 Å². The van der Waals surface area contributed by atoms with Crippen LogP contribution in [-0.2, 0) is 16.1 Å². The summed E-state index contributed by atoms with van der Waals surface area (Å²) in [5.74, 6) is -0.568. The van der Waals surface area contributed by atoms with Crippen molar-refractivity contribution in [2.75, 3.05) is 20.1 Å². The van der Waals surface area contributed by atoms with Gasteiger partial charge in [0, 0.05) is 38.8 Å². The van der Waals surface area contributed by atoms with Crippen molar-refractivity contribution in [1.29, 1.82) is 0 Å². The molecule has 2 fully saturated rings.